The van der Waals surface area contributed by atoms with Crippen molar-refractivity contribution in [2.24, 2.45) is 35.5 Å². The summed E-state index contributed by atoms with van der Waals surface area (Å²) < 4.78 is 0. The number of hydrogen-bond donors (Lipinski definition) is 1. The van der Waals surface area contributed by atoms with Crippen LogP contribution in [0.2, 0.25) is 0 Å². The van der Waals surface area contributed by atoms with Gasteiger partial charge in [0.1, 0.15) is 5.78 Å². The third-order valence-corrected chi connectivity index (χ3v) is 6.06. The highest BCUT2D eigenvalue weighted by atomic mass is 16.3. The number of allylic oxidation sites excluding steroid dienone is 3. The number of hydrogen-bond acceptors (Lipinski definition) is 2. The molecule has 2 heteroatoms. The van der Waals surface area contributed by atoms with Gasteiger partial charge in [0.2, 0.25) is 0 Å². The van der Waals surface area contributed by atoms with Gasteiger partial charge in [0.25, 0.3) is 0 Å². The van der Waals surface area contributed by atoms with E-state index in [1.165, 1.54) is 5.57 Å². The molecule has 2 nitrogen and oxygen atoms in total. The maximum Gasteiger partial charge on any atom is 0.141 e. The molecule has 1 N–H and O–H groups in total. The van der Waals surface area contributed by atoms with Crippen LogP contribution >= 0.6 is 0 Å². The first-order valence-corrected chi connectivity index (χ1v) is 8.05. The largest absolute Gasteiger partial charge is 0.392 e. The third-order valence-electron chi connectivity index (χ3n) is 6.06. The second-order valence-electron chi connectivity index (χ2n) is 7.21. The summed E-state index contributed by atoms with van der Waals surface area (Å²) in [7, 11) is 0. The summed E-state index contributed by atoms with van der Waals surface area (Å²) in [4.78, 5) is 12.6. The predicted molar refractivity (Wildman–Crippen MR) is 80.0 cm³/mol. The highest BCUT2D eigenvalue weighted by Crippen LogP contribution is 2.49. The van der Waals surface area contributed by atoms with E-state index in [-0.39, 0.29) is 23.7 Å². The lowest BCUT2D eigenvalue weighted by atomic mass is 9.67. The summed E-state index contributed by atoms with van der Waals surface area (Å²) >= 11 is 0. The molecule has 3 rings (SSSR count). The Morgan fingerprint density at radius 2 is 2.10 bits per heavy atom. The Bertz CT molecular complexity index is 450. The Morgan fingerprint density at radius 3 is 2.80 bits per heavy atom. The van der Waals surface area contributed by atoms with E-state index in [0.717, 1.165) is 25.7 Å². The van der Waals surface area contributed by atoms with Crippen molar-refractivity contribution < 1.29 is 9.90 Å². The average molecular weight is 274 g/mol. The molecule has 0 amide bonds. The average Bonchev–Trinajstić information content (AvgIpc) is 2.80. The van der Waals surface area contributed by atoms with E-state index in [0.29, 0.717) is 17.6 Å². The van der Waals surface area contributed by atoms with E-state index in [2.05, 4.69) is 19.6 Å². The van der Waals surface area contributed by atoms with Gasteiger partial charge in [-0.25, -0.2) is 0 Å². The number of aliphatic hydroxyl groups is 1. The molecular weight excluding hydrogens is 248 g/mol. The van der Waals surface area contributed by atoms with Crippen LogP contribution in [0.1, 0.15) is 39.5 Å². The maximum absolute atomic E-state index is 12.6. The van der Waals surface area contributed by atoms with Crippen LogP contribution < -0.4 is 0 Å². The minimum atomic E-state index is -0.459. The fourth-order valence-electron chi connectivity index (χ4n) is 4.84. The Morgan fingerprint density at radius 1 is 1.35 bits per heavy atom. The van der Waals surface area contributed by atoms with Crippen LogP contribution in [0, 0.1) is 35.5 Å². The Labute approximate surface area is 122 Å². The van der Waals surface area contributed by atoms with Crippen molar-refractivity contribution in [2.45, 2.75) is 45.6 Å². The molecule has 110 valence electrons. The lowest BCUT2D eigenvalue weighted by Gasteiger charge is -2.37. The molecule has 3 aliphatic carbocycles. The van der Waals surface area contributed by atoms with Gasteiger partial charge in [-0.2, -0.15) is 0 Å². The Kier molecular flexibility index (Phi) is 3.62. The van der Waals surface area contributed by atoms with Crippen LogP contribution in [-0.4, -0.2) is 17.0 Å². The van der Waals surface area contributed by atoms with Gasteiger partial charge in [0.05, 0.1) is 12.0 Å². The van der Waals surface area contributed by atoms with Gasteiger partial charge in [-0.1, -0.05) is 24.6 Å². The van der Waals surface area contributed by atoms with Crippen LogP contribution in [0.15, 0.2) is 24.3 Å². The molecule has 0 aromatic carbocycles. The fourth-order valence-corrected chi connectivity index (χ4v) is 4.84. The summed E-state index contributed by atoms with van der Waals surface area (Å²) in [6.45, 7) is 8.09. The summed E-state index contributed by atoms with van der Waals surface area (Å²) in [5.41, 5.74) is 1.34. The molecule has 0 heterocycles. The van der Waals surface area contributed by atoms with E-state index in [1.807, 2.05) is 13.0 Å². The van der Waals surface area contributed by atoms with Gasteiger partial charge in [-0.05, 0) is 56.3 Å². The van der Waals surface area contributed by atoms with Gasteiger partial charge >= 0.3 is 0 Å². The van der Waals surface area contributed by atoms with E-state index >= 15 is 0 Å². The van der Waals surface area contributed by atoms with Gasteiger partial charge in [0.15, 0.2) is 0 Å². The molecule has 0 spiro atoms. The van der Waals surface area contributed by atoms with E-state index in [1.54, 1.807) is 0 Å². The first kappa shape index (κ1) is 14.1. The lowest BCUT2D eigenvalue weighted by Crippen LogP contribution is -2.44. The monoisotopic (exact) mass is 274 g/mol. The number of carbonyl (C=O) groups is 1. The molecule has 2 fully saturated rings. The second-order valence-corrected chi connectivity index (χ2v) is 7.21. The predicted octanol–water partition coefficient (Wildman–Crippen LogP) is 3.37. The van der Waals surface area contributed by atoms with Gasteiger partial charge in [0, 0.05) is 5.92 Å². The van der Waals surface area contributed by atoms with Crippen molar-refractivity contribution in [2.75, 3.05) is 0 Å². The zero-order valence-corrected chi connectivity index (χ0v) is 12.6. The fraction of sp³-hybridized carbons (Fsp3) is 0.722. The molecule has 20 heavy (non-hydrogen) atoms. The van der Waals surface area contributed by atoms with E-state index in [4.69, 9.17) is 0 Å². The summed E-state index contributed by atoms with van der Waals surface area (Å²) in [5.74, 6) is 1.71. The number of ketones is 1. The minimum absolute atomic E-state index is 0.117. The zero-order valence-electron chi connectivity index (χ0n) is 12.6. The second kappa shape index (κ2) is 5.14. The summed E-state index contributed by atoms with van der Waals surface area (Å²) in [5, 5.41) is 10.9. The maximum atomic E-state index is 12.6. The van der Waals surface area contributed by atoms with Crippen LogP contribution in [0.5, 0.6) is 0 Å². The van der Waals surface area contributed by atoms with Crippen LogP contribution in [0.3, 0.4) is 0 Å². The zero-order chi connectivity index (χ0) is 14.4. The number of carbonyl (C=O) groups excluding carboxylic acids is 1. The first-order valence-electron chi connectivity index (χ1n) is 8.05. The summed E-state index contributed by atoms with van der Waals surface area (Å²) in [6, 6.07) is 0. The molecule has 0 aliphatic heterocycles. The number of rotatable bonds is 1. The Balaban J connectivity index is 1.95. The molecule has 0 aromatic rings. The van der Waals surface area contributed by atoms with Crippen LogP contribution in [0.25, 0.3) is 0 Å². The highest BCUT2D eigenvalue weighted by Gasteiger charge is 2.49. The SMILES string of the molecule is C=C[C@H]1C[C@H]2C=C(C)[C@@H]3CC[C@@H](C)C(=O)[C@H]3C(O)[C@H]2C1. The Hall–Kier alpha value is -0.890. The molecule has 0 saturated heterocycles. The van der Waals surface area contributed by atoms with E-state index < -0.39 is 6.10 Å². The third kappa shape index (κ3) is 2.09. The molecule has 7 atom stereocenters. The molecule has 1 unspecified atom stereocenters. The molecule has 2 saturated carbocycles. The summed E-state index contributed by atoms with van der Waals surface area (Å²) in [6.07, 6.45) is 8.04. The van der Waals surface area contributed by atoms with Crippen molar-refractivity contribution in [1.82, 2.24) is 0 Å². The van der Waals surface area contributed by atoms with Crippen molar-refractivity contribution in [3.05, 3.63) is 24.3 Å². The molecule has 3 aliphatic rings. The number of aliphatic hydroxyl groups excluding tert-OH is 1. The topological polar surface area (TPSA) is 37.3 Å². The molecule has 0 bridgehead atoms. The van der Waals surface area contributed by atoms with Crippen LogP contribution in [-0.2, 0) is 4.79 Å². The van der Waals surface area contributed by atoms with E-state index in [9.17, 15) is 9.90 Å². The van der Waals surface area contributed by atoms with Crippen molar-refractivity contribution in [1.29, 1.82) is 0 Å². The van der Waals surface area contributed by atoms with Crippen LogP contribution in [0.4, 0.5) is 0 Å². The molecular formula is C18H26O2. The normalized spacial score (nSPS) is 48.0. The standard InChI is InChI=1S/C18H26O2/c1-4-12-8-13-7-11(3)14-6-5-10(2)17(19)16(14)18(20)15(13)9-12/h4,7,10,12-16,18,20H,1,5-6,8-9H2,2-3H3/t10-,12+,13-,14+,15+,16+,18?/m1/s1. The number of fused-ring (bicyclic) bond motifs is 2. The van der Waals surface area contributed by atoms with Gasteiger partial charge in [-0.3, -0.25) is 4.79 Å². The quantitative estimate of drug-likeness (QED) is 0.744. The smallest absolute Gasteiger partial charge is 0.141 e. The number of Topliss-reactive ketones (excluding diaryl/α,β-unsaturated/α-hetero) is 1. The van der Waals surface area contributed by atoms with Gasteiger partial charge < -0.3 is 5.11 Å². The first-order chi connectivity index (χ1) is 9.52. The van der Waals surface area contributed by atoms with Crippen molar-refractivity contribution in [3.8, 4) is 0 Å². The highest BCUT2D eigenvalue weighted by molar-refractivity contribution is 5.85. The molecule has 0 radical (unpaired) electrons. The van der Waals surface area contributed by atoms with Gasteiger partial charge in [-0.15, -0.1) is 6.58 Å². The van der Waals surface area contributed by atoms with Crippen molar-refractivity contribution in [3.63, 3.8) is 0 Å². The minimum Gasteiger partial charge on any atom is -0.392 e. The lowest BCUT2D eigenvalue weighted by molar-refractivity contribution is -0.137. The van der Waals surface area contributed by atoms with Crippen molar-refractivity contribution >= 4 is 5.78 Å². The molecule has 0 aromatic heterocycles.